The van der Waals surface area contributed by atoms with Crippen LogP contribution in [0.5, 0.6) is 0 Å². The van der Waals surface area contributed by atoms with Crippen molar-refractivity contribution in [3.05, 3.63) is 32.6 Å². The lowest BCUT2D eigenvalue weighted by Crippen LogP contribution is -2.08. The van der Waals surface area contributed by atoms with Crippen LogP contribution >= 0.6 is 34.5 Å². The first-order valence-corrected chi connectivity index (χ1v) is 6.43. The van der Waals surface area contributed by atoms with Gasteiger partial charge in [0.25, 0.3) is 0 Å². The monoisotopic (exact) mass is 288 g/mol. The molecular formula is C10H10Cl2N4S. The van der Waals surface area contributed by atoms with Gasteiger partial charge in [0.1, 0.15) is 11.0 Å². The molecule has 0 aromatic carbocycles. The molecule has 2 aromatic heterocycles. The highest BCUT2D eigenvalue weighted by atomic mass is 35.5. The zero-order chi connectivity index (χ0) is 12.4. The molecule has 0 aliphatic rings. The predicted molar refractivity (Wildman–Crippen MR) is 72.8 cm³/mol. The summed E-state index contributed by atoms with van der Waals surface area (Å²) in [6.45, 7) is 2.01. The maximum atomic E-state index is 5.88. The van der Waals surface area contributed by atoms with Gasteiger partial charge >= 0.3 is 0 Å². The molecule has 0 saturated carbocycles. The van der Waals surface area contributed by atoms with E-state index in [4.69, 9.17) is 28.9 Å². The second-order valence-corrected chi connectivity index (χ2v) is 5.58. The number of hydrogen-bond acceptors (Lipinski definition) is 5. The molecule has 1 atom stereocenters. The van der Waals surface area contributed by atoms with Gasteiger partial charge < -0.3 is 11.1 Å². The molecule has 0 fully saturated rings. The Hall–Kier alpha value is -1.04. The summed E-state index contributed by atoms with van der Waals surface area (Å²) in [5.74, 6) is 0.746. The van der Waals surface area contributed by atoms with Gasteiger partial charge in [0.05, 0.1) is 10.4 Å². The highest BCUT2D eigenvalue weighted by Crippen LogP contribution is 2.28. The standard InChI is InChI=1S/C10H10Cl2N4S/c1-5(6-2-3-8(12)17-6)14-9-4-7(11)15-10(13)16-9/h2-5H,1H3,(H3,13,14,15,16)/t5-/m1/s1. The molecule has 0 radical (unpaired) electrons. The molecule has 90 valence electrons. The summed E-state index contributed by atoms with van der Waals surface area (Å²) in [5, 5.41) is 3.51. The van der Waals surface area contributed by atoms with Crippen LogP contribution in [0.2, 0.25) is 9.49 Å². The van der Waals surface area contributed by atoms with E-state index in [0.717, 1.165) is 9.21 Å². The van der Waals surface area contributed by atoms with Crippen LogP contribution in [0, 0.1) is 0 Å². The molecule has 2 aromatic rings. The van der Waals surface area contributed by atoms with Gasteiger partial charge in [-0.15, -0.1) is 11.3 Å². The molecular weight excluding hydrogens is 279 g/mol. The Kier molecular flexibility index (Phi) is 3.71. The molecule has 4 nitrogen and oxygen atoms in total. The molecule has 0 amide bonds. The maximum Gasteiger partial charge on any atom is 0.223 e. The number of nitrogen functional groups attached to an aromatic ring is 1. The summed E-state index contributed by atoms with van der Waals surface area (Å²) in [5.41, 5.74) is 5.51. The Morgan fingerprint density at radius 3 is 2.71 bits per heavy atom. The van der Waals surface area contributed by atoms with Crippen LogP contribution < -0.4 is 11.1 Å². The lowest BCUT2D eigenvalue weighted by molar-refractivity contribution is 0.894. The van der Waals surface area contributed by atoms with Gasteiger partial charge in [-0.2, -0.15) is 4.98 Å². The topological polar surface area (TPSA) is 63.8 Å². The van der Waals surface area contributed by atoms with Crippen molar-refractivity contribution in [2.45, 2.75) is 13.0 Å². The fraction of sp³-hybridized carbons (Fsp3) is 0.200. The van der Waals surface area contributed by atoms with E-state index in [1.54, 1.807) is 6.07 Å². The summed E-state index contributed by atoms with van der Waals surface area (Å²) < 4.78 is 0.758. The van der Waals surface area contributed by atoms with E-state index in [2.05, 4.69) is 15.3 Å². The van der Waals surface area contributed by atoms with Crippen molar-refractivity contribution in [3.8, 4) is 0 Å². The van der Waals surface area contributed by atoms with E-state index in [1.807, 2.05) is 19.1 Å². The Balaban J connectivity index is 2.15. The second kappa shape index (κ2) is 5.08. The molecule has 7 heteroatoms. The summed E-state index contributed by atoms with van der Waals surface area (Å²) >= 11 is 13.2. The Morgan fingerprint density at radius 1 is 1.35 bits per heavy atom. The van der Waals surface area contributed by atoms with Crippen molar-refractivity contribution >= 4 is 46.3 Å². The highest BCUT2D eigenvalue weighted by Gasteiger charge is 2.09. The molecule has 0 aliphatic heterocycles. The van der Waals surface area contributed by atoms with Crippen molar-refractivity contribution in [2.24, 2.45) is 0 Å². The number of nitrogens with two attached hydrogens (primary N) is 1. The van der Waals surface area contributed by atoms with Crippen molar-refractivity contribution in [3.63, 3.8) is 0 Å². The average molecular weight is 289 g/mol. The number of hydrogen-bond donors (Lipinski definition) is 2. The predicted octanol–water partition coefficient (Wildman–Crippen LogP) is 3.60. The number of aromatic nitrogens is 2. The van der Waals surface area contributed by atoms with Gasteiger partial charge in [0.15, 0.2) is 0 Å². The van der Waals surface area contributed by atoms with E-state index in [9.17, 15) is 0 Å². The second-order valence-electron chi connectivity index (χ2n) is 3.44. The third-order valence-electron chi connectivity index (χ3n) is 2.10. The number of nitrogens with zero attached hydrogens (tertiary/aromatic N) is 2. The van der Waals surface area contributed by atoms with Crippen molar-refractivity contribution < 1.29 is 0 Å². The van der Waals surface area contributed by atoms with Crippen LogP contribution in [0.3, 0.4) is 0 Å². The lowest BCUT2D eigenvalue weighted by Gasteiger charge is -2.12. The van der Waals surface area contributed by atoms with Gasteiger partial charge in [-0.25, -0.2) is 4.98 Å². The van der Waals surface area contributed by atoms with Gasteiger partial charge in [-0.05, 0) is 19.1 Å². The molecule has 2 rings (SSSR count). The van der Waals surface area contributed by atoms with Crippen molar-refractivity contribution in [2.75, 3.05) is 11.1 Å². The first kappa shape index (κ1) is 12.4. The molecule has 0 spiro atoms. The zero-order valence-electron chi connectivity index (χ0n) is 8.95. The molecule has 0 aliphatic carbocycles. The smallest absolute Gasteiger partial charge is 0.223 e. The van der Waals surface area contributed by atoms with E-state index in [0.29, 0.717) is 11.0 Å². The van der Waals surface area contributed by atoms with Crippen molar-refractivity contribution in [1.29, 1.82) is 0 Å². The lowest BCUT2D eigenvalue weighted by atomic mass is 10.3. The summed E-state index contributed by atoms with van der Waals surface area (Å²) in [7, 11) is 0. The Bertz CT molecular complexity index is 509. The van der Waals surface area contributed by atoms with E-state index >= 15 is 0 Å². The highest BCUT2D eigenvalue weighted by molar-refractivity contribution is 7.16. The number of rotatable bonds is 3. The largest absolute Gasteiger partial charge is 0.368 e. The van der Waals surface area contributed by atoms with Gasteiger partial charge in [-0.3, -0.25) is 0 Å². The Labute approximate surface area is 113 Å². The average Bonchev–Trinajstić information content (AvgIpc) is 2.63. The number of nitrogens with one attached hydrogen (secondary N) is 1. The minimum absolute atomic E-state index is 0.0814. The summed E-state index contributed by atoms with van der Waals surface area (Å²) in [6.07, 6.45) is 0. The minimum atomic E-state index is 0.0814. The summed E-state index contributed by atoms with van der Waals surface area (Å²) in [6, 6.07) is 5.54. The zero-order valence-corrected chi connectivity index (χ0v) is 11.3. The molecule has 2 heterocycles. The van der Waals surface area contributed by atoms with Crippen LogP contribution in [0.25, 0.3) is 0 Å². The first-order chi connectivity index (χ1) is 8.04. The SMILES string of the molecule is C[C@@H](Nc1cc(Cl)nc(N)n1)c1ccc(Cl)s1. The third kappa shape index (κ3) is 3.21. The third-order valence-corrected chi connectivity index (χ3v) is 3.70. The normalized spacial score (nSPS) is 12.4. The molecule has 0 bridgehead atoms. The number of thiophene rings is 1. The number of anilines is 2. The van der Waals surface area contributed by atoms with E-state index in [1.165, 1.54) is 11.3 Å². The van der Waals surface area contributed by atoms with Gasteiger partial charge in [0.2, 0.25) is 5.95 Å². The number of halogens is 2. The summed E-state index contributed by atoms with van der Waals surface area (Å²) in [4.78, 5) is 8.96. The minimum Gasteiger partial charge on any atom is -0.368 e. The van der Waals surface area contributed by atoms with E-state index < -0.39 is 0 Å². The van der Waals surface area contributed by atoms with Gasteiger partial charge in [0, 0.05) is 10.9 Å². The molecule has 3 N–H and O–H groups in total. The molecule has 17 heavy (non-hydrogen) atoms. The van der Waals surface area contributed by atoms with Gasteiger partial charge in [-0.1, -0.05) is 23.2 Å². The molecule has 0 saturated heterocycles. The van der Waals surface area contributed by atoms with Crippen LogP contribution in [0.4, 0.5) is 11.8 Å². The van der Waals surface area contributed by atoms with E-state index in [-0.39, 0.29) is 12.0 Å². The van der Waals surface area contributed by atoms with Crippen molar-refractivity contribution in [1.82, 2.24) is 9.97 Å². The van der Waals surface area contributed by atoms with Crippen LogP contribution in [-0.2, 0) is 0 Å². The maximum absolute atomic E-state index is 5.88. The van der Waals surface area contributed by atoms with Crippen LogP contribution in [-0.4, -0.2) is 9.97 Å². The Morgan fingerprint density at radius 2 is 2.12 bits per heavy atom. The quantitative estimate of drug-likeness (QED) is 0.847. The fourth-order valence-electron chi connectivity index (χ4n) is 1.36. The fourth-order valence-corrected chi connectivity index (χ4v) is 2.62. The van der Waals surface area contributed by atoms with Crippen LogP contribution in [0.1, 0.15) is 17.8 Å². The molecule has 0 unspecified atom stereocenters. The van der Waals surface area contributed by atoms with Crippen LogP contribution in [0.15, 0.2) is 18.2 Å². The first-order valence-electron chi connectivity index (χ1n) is 4.86.